The van der Waals surface area contributed by atoms with Crippen LogP contribution in [0.4, 0.5) is 16.2 Å². The van der Waals surface area contributed by atoms with Gasteiger partial charge in [0.05, 0.1) is 42.2 Å². The fourth-order valence-electron chi connectivity index (χ4n) is 2.61. The lowest BCUT2D eigenvalue weighted by molar-refractivity contribution is 0.262. The summed E-state index contributed by atoms with van der Waals surface area (Å²) in [5.74, 6) is 0. The smallest absolute Gasteiger partial charge is 0.305 e. The number of halogens is 1. The zero-order valence-corrected chi connectivity index (χ0v) is 15.4. The Morgan fingerprint density at radius 1 is 0.929 bits per heavy atom. The molecule has 3 aromatic heterocycles. The molecule has 140 valence electrons. The Morgan fingerprint density at radius 2 is 1.61 bits per heavy atom. The molecule has 9 heteroatoms. The Balaban J connectivity index is 1.35. The molecule has 0 radical (unpaired) electrons. The van der Waals surface area contributed by atoms with Crippen molar-refractivity contribution in [2.45, 2.75) is 6.54 Å². The predicted octanol–water partition coefficient (Wildman–Crippen LogP) is 3.81. The van der Waals surface area contributed by atoms with E-state index in [1.165, 1.54) is 0 Å². The first-order valence-corrected chi connectivity index (χ1v) is 8.83. The molecule has 4 rings (SSSR count). The summed E-state index contributed by atoms with van der Waals surface area (Å²) < 4.78 is 3.39. The minimum atomic E-state index is -0.375. The third-order valence-electron chi connectivity index (χ3n) is 3.92. The van der Waals surface area contributed by atoms with E-state index in [9.17, 15) is 4.79 Å². The molecule has 0 unspecified atom stereocenters. The van der Waals surface area contributed by atoms with E-state index in [1.54, 1.807) is 46.5 Å². The summed E-state index contributed by atoms with van der Waals surface area (Å²) in [6, 6.07) is 10.8. The number of urea groups is 1. The standard InChI is InChI=1S/C19H16ClN7O/c20-15-3-1-14(2-4-15)11-26-12-16(9-22-26)24-19(28)25-17-10-23-27(13-17)18-5-7-21-8-6-18/h1-10,12-13H,11H2,(H2,24,25,28). The minimum Gasteiger partial charge on any atom is -0.305 e. The molecular weight excluding hydrogens is 378 g/mol. The van der Waals surface area contributed by atoms with Gasteiger partial charge in [-0.15, -0.1) is 0 Å². The number of amides is 2. The number of rotatable bonds is 5. The van der Waals surface area contributed by atoms with Crippen molar-refractivity contribution in [1.82, 2.24) is 24.5 Å². The van der Waals surface area contributed by atoms with E-state index < -0.39 is 0 Å². The Morgan fingerprint density at radius 3 is 2.36 bits per heavy atom. The predicted molar refractivity (Wildman–Crippen MR) is 107 cm³/mol. The average Bonchev–Trinajstić information content (AvgIpc) is 3.34. The van der Waals surface area contributed by atoms with Crippen molar-refractivity contribution in [3.8, 4) is 5.69 Å². The lowest BCUT2D eigenvalue weighted by atomic mass is 10.2. The number of aromatic nitrogens is 5. The highest BCUT2D eigenvalue weighted by Crippen LogP contribution is 2.14. The molecular formula is C19H16ClN7O. The maximum atomic E-state index is 12.2. The average molecular weight is 394 g/mol. The van der Waals surface area contributed by atoms with Crippen LogP contribution in [0.1, 0.15) is 5.56 Å². The second kappa shape index (κ2) is 7.93. The van der Waals surface area contributed by atoms with Gasteiger partial charge in [-0.05, 0) is 29.8 Å². The minimum absolute atomic E-state index is 0.375. The van der Waals surface area contributed by atoms with Crippen LogP contribution in [0.5, 0.6) is 0 Å². The van der Waals surface area contributed by atoms with E-state index >= 15 is 0 Å². The quantitative estimate of drug-likeness (QED) is 0.539. The molecule has 0 aliphatic carbocycles. The second-order valence-electron chi connectivity index (χ2n) is 6.01. The van der Waals surface area contributed by atoms with Gasteiger partial charge in [0, 0.05) is 23.6 Å². The number of anilines is 2. The number of hydrogen-bond donors (Lipinski definition) is 2. The molecule has 0 saturated carbocycles. The molecule has 0 aliphatic heterocycles. The van der Waals surface area contributed by atoms with E-state index in [0.29, 0.717) is 22.9 Å². The van der Waals surface area contributed by atoms with E-state index in [0.717, 1.165) is 11.3 Å². The van der Waals surface area contributed by atoms with Crippen LogP contribution in [0.15, 0.2) is 73.6 Å². The van der Waals surface area contributed by atoms with Crippen molar-refractivity contribution >= 4 is 29.0 Å². The Hall–Kier alpha value is -3.65. The molecule has 0 atom stereocenters. The van der Waals surface area contributed by atoms with Crippen molar-refractivity contribution in [2.24, 2.45) is 0 Å². The SMILES string of the molecule is O=C(Nc1cnn(Cc2ccc(Cl)cc2)c1)Nc1cnn(-c2ccncc2)c1. The summed E-state index contributed by atoms with van der Waals surface area (Å²) >= 11 is 5.89. The molecule has 8 nitrogen and oxygen atoms in total. The number of carbonyl (C=O) groups is 1. The Kier molecular flexibility index (Phi) is 5.03. The van der Waals surface area contributed by atoms with Crippen molar-refractivity contribution in [2.75, 3.05) is 10.6 Å². The molecule has 2 amide bonds. The van der Waals surface area contributed by atoms with Gasteiger partial charge in [-0.3, -0.25) is 9.67 Å². The maximum absolute atomic E-state index is 12.2. The van der Waals surface area contributed by atoms with Gasteiger partial charge in [-0.25, -0.2) is 9.48 Å². The van der Waals surface area contributed by atoms with Crippen LogP contribution in [-0.2, 0) is 6.54 Å². The molecule has 3 heterocycles. The van der Waals surface area contributed by atoms with Crippen LogP contribution >= 0.6 is 11.6 Å². The third-order valence-corrected chi connectivity index (χ3v) is 4.17. The van der Waals surface area contributed by atoms with Gasteiger partial charge in [-0.1, -0.05) is 23.7 Å². The highest BCUT2D eigenvalue weighted by Gasteiger charge is 2.07. The lowest BCUT2D eigenvalue weighted by Crippen LogP contribution is -2.18. The first-order valence-electron chi connectivity index (χ1n) is 8.46. The van der Waals surface area contributed by atoms with Crippen LogP contribution in [0.3, 0.4) is 0 Å². The normalized spacial score (nSPS) is 10.6. The fraction of sp³-hybridized carbons (Fsp3) is 0.0526. The van der Waals surface area contributed by atoms with Crippen LogP contribution < -0.4 is 10.6 Å². The lowest BCUT2D eigenvalue weighted by Gasteiger charge is -2.04. The Labute approximate surface area is 165 Å². The molecule has 28 heavy (non-hydrogen) atoms. The number of nitrogens with zero attached hydrogens (tertiary/aromatic N) is 5. The maximum Gasteiger partial charge on any atom is 0.323 e. The third kappa shape index (κ3) is 4.36. The van der Waals surface area contributed by atoms with Crippen molar-refractivity contribution in [3.05, 3.63) is 84.2 Å². The molecule has 0 spiro atoms. The van der Waals surface area contributed by atoms with Gasteiger partial charge in [0.25, 0.3) is 0 Å². The number of nitrogens with one attached hydrogen (secondary N) is 2. The van der Waals surface area contributed by atoms with Crippen LogP contribution in [-0.4, -0.2) is 30.6 Å². The Bertz CT molecular complexity index is 1070. The molecule has 0 bridgehead atoms. The van der Waals surface area contributed by atoms with Gasteiger partial charge in [0.2, 0.25) is 0 Å². The van der Waals surface area contributed by atoms with Gasteiger partial charge >= 0.3 is 6.03 Å². The van der Waals surface area contributed by atoms with Gasteiger partial charge in [-0.2, -0.15) is 10.2 Å². The highest BCUT2D eigenvalue weighted by atomic mass is 35.5. The van der Waals surface area contributed by atoms with E-state index in [2.05, 4.69) is 25.8 Å². The first kappa shape index (κ1) is 17.7. The second-order valence-corrected chi connectivity index (χ2v) is 6.45. The summed E-state index contributed by atoms with van der Waals surface area (Å²) in [5, 5.41) is 14.7. The van der Waals surface area contributed by atoms with Gasteiger partial charge < -0.3 is 10.6 Å². The largest absolute Gasteiger partial charge is 0.323 e. The summed E-state index contributed by atoms with van der Waals surface area (Å²) in [4.78, 5) is 16.2. The van der Waals surface area contributed by atoms with E-state index in [1.807, 2.05) is 36.4 Å². The fourth-order valence-corrected chi connectivity index (χ4v) is 2.74. The number of benzene rings is 1. The summed E-state index contributed by atoms with van der Waals surface area (Å²) in [7, 11) is 0. The van der Waals surface area contributed by atoms with E-state index in [-0.39, 0.29) is 6.03 Å². The zero-order chi connectivity index (χ0) is 19.3. The molecule has 1 aromatic carbocycles. The van der Waals surface area contributed by atoms with Crippen molar-refractivity contribution < 1.29 is 4.79 Å². The number of carbonyl (C=O) groups excluding carboxylic acids is 1. The topological polar surface area (TPSA) is 89.7 Å². The van der Waals surface area contributed by atoms with Gasteiger partial charge in [0.1, 0.15) is 0 Å². The highest BCUT2D eigenvalue weighted by molar-refractivity contribution is 6.30. The van der Waals surface area contributed by atoms with Crippen molar-refractivity contribution in [3.63, 3.8) is 0 Å². The molecule has 0 fully saturated rings. The van der Waals surface area contributed by atoms with Crippen LogP contribution in [0.25, 0.3) is 5.69 Å². The molecule has 0 aliphatic rings. The zero-order valence-electron chi connectivity index (χ0n) is 14.7. The number of pyridine rings is 1. The van der Waals surface area contributed by atoms with Crippen LogP contribution in [0, 0.1) is 0 Å². The summed E-state index contributed by atoms with van der Waals surface area (Å²) in [6.07, 6.45) is 10.0. The molecule has 0 saturated heterocycles. The van der Waals surface area contributed by atoms with Crippen molar-refractivity contribution in [1.29, 1.82) is 0 Å². The van der Waals surface area contributed by atoms with E-state index in [4.69, 9.17) is 11.6 Å². The van der Waals surface area contributed by atoms with Crippen LogP contribution in [0.2, 0.25) is 5.02 Å². The summed E-state index contributed by atoms with van der Waals surface area (Å²) in [5.41, 5.74) is 3.08. The molecule has 4 aromatic rings. The number of hydrogen-bond acceptors (Lipinski definition) is 4. The summed E-state index contributed by atoms with van der Waals surface area (Å²) in [6.45, 7) is 0.583. The van der Waals surface area contributed by atoms with Gasteiger partial charge in [0.15, 0.2) is 0 Å². The first-order chi connectivity index (χ1) is 13.7. The monoisotopic (exact) mass is 393 g/mol. The molecule has 2 N–H and O–H groups in total.